The van der Waals surface area contributed by atoms with Crippen LogP contribution in [0.15, 0.2) is 0 Å². The van der Waals surface area contributed by atoms with Gasteiger partial charge in [-0.1, -0.05) is 12.8 Å². The summed E-state index contributed by atoms with van der Waals surface area (Å²) in [5.74, 6) is 0.846. The van der Waals surface area contributed by atoms with Gasteiger partial charge in [-0.25, -0.2) is 0 Å². The molecule has 3 saturated heterocycles. The smallest absolute Gasteiger partial charge is 0.0384 e. The van der Waals surface area contributed by atoms with Crippen molar-refractivity contribution in [2.45, 2.75) is 56.9 Å². The lowest BCUT2D eigenvalue weighted by molar-refractivity contribution is -0.0312. The average Bonchev–Trinajstić information content (AvgIpc) is 3.10. The van der Waals surface area contributed by atoms with Crippen molar-refractivity contribution in [3.05, 3.63) is 0 Å². The molecule has 114 valence electrons. The van der Waals surface area contributed by atoms with Gasteiger partial charge in [0.05, 0.1) is 0 Å². The van der Waals surface area contributed by atoms with E-state index in [1.54, 1.807) is 0 Å². The summed E-state index contributed by atoms with van der Waals surface area (Å²) < 4.78 is 0. The Kier molecular flexibility index (Phi) is 3.36. The number of nitrogens with zero attached hydrogens (tertiary/aromatic N) is 2. The molecule has 1 saturated carbocycles. The van der Waals surface area contributed by atoms with E-state index in [-0.39, 0.29) is 0 Å². The quantitative estimate of drug-likeness (QED) is 0.838. The van der Waals surface area contributed by atoms with Crippen molar-refractivity contribution in [3.63, 3.8) is 0 Å². The van der Waals surface area contributed by atoms with E-state index in [1.807, 2.05) is 0 Å². The molecule has 20 heavy (non-hydrogen) atoms. The summed E-state index contributed by atoms with van der Waals surface area (Å²) in [4.78, 5) is 5.49. The molecule has 3 nitrogen and oxygen atoms in total. The number of hydrogen-bond donors (Lipinski definition) is 1. The highest BCUT2D eigenvalue weighted by molar-refractivity contribution is 5.07. The van der Waals surface area contributed by atoms with Gasteiger partial charge in [0.15, 0.2) is 0 Å². The molecule has 2 N–H and O–H groups in total. The van der Waals surface area contributed by atoms with Crippen LogP contribution < -0.4 is 5.73 Å². The van der Waals surface area contributed by atoms with E-state index in [0.717, 1.165) is 17.9 Å². The predicted octanol–water partition coefficient (Wildman–Crippen LogP) is 2.07. The van der Waals surface area contributed by atoms with E-state index in [2.05, 4.69) is 9.80 Å². The third kappa shape index (κ3) is 1.97. The van der Waals surface area contributed by atoms with Crippen molar-refractivity contribution in [2.75, 3.05) is 39.3 Å². The summed E-state index contributed by atoms with van der Waals surface area (Å²) in [5, 5.41) is 0. The lowest BCUT2D eigenvalue weighted by atomic mass is 9.72. The van der Waals surface area contributed by atoms with Gasteiger partial charge in [-0.3, -0.25) is 4.90 Å². The largest absolute Gasteiger partial charge is 0.329 e. The Labute approximate surface area is 123 Å². The molecule has 0 radical (unpaired) electrons. The highest BCUT2D eigenvalue weighted by Crippen LogP contribution is 2.49. The molecule has 4 fully saturated rings. The van der Waals surface area contributed by atoms with Crippen molar-refractivity contribution >= 4 is 0 Å². The highest BCUT2D eigenvalue weighted by atomic mass is 15.3. The minimum absolute atomic E-state index is 0.354. The topological polar surface area (TPSA) is 32.5 Å². The van der Waals surface area contributed by atoms with Crippen molar-refractivity contribution in [1.82, 2.24) is 9.80 Å². The van der Waals surface area contributed by atoms with Crippen LogP contribution in [0.25, 0.3) is 0 Å². The van der Waals surface area contributed by atoms with E-state index in [9.17, 15) is 0 Å². The van der Waals surface area contributed by atoms with Crippen LogP contribution in [0.4, 0.5) is 0 Å². The zero-order chi connectivity index (χ0) is 13.6. The Morgan fingerprint density at radius 2 is 1.65 bits per heavy atom. The molecule has 3 heteroatoms. The Balaban J connectivity index is 1.49. The fourth-order valence-corrected chi connectivity index (χ4v) is 5.90. The Morgan fingerprint density at radius 3 is 2.35 bits per heavy atom. The molecule has 3 aliphatic heterocycles. The average molecular weight is 277 g/mol. The number of rotatable bonds is 2. The highest BCUT2D eigenvalue weighted by Gasteiger charge is 2.50. The Morgan fingerprint density at radius 1 is 0.900 bits per heavy atom. The monoisotopic (exact) mass is 277 g/mol. The second kappa shape index (κ2) is 4.96. The van der Waals surface area contributed by atoms with Gasteiger partial charge in [-0.05, 0) is 76.0 Å². The maximum atomic E-state index is 6.34. The molecule has 4 rings (SSSR count). The lowest BCUT2D eigenvalue weighted by Gasteiger charge is -2.54. The zero-order valence-electron chi connectivity index (χ0n) is 12.9. The van der Waals surface area contributed by atoms with Crippen molar-refractivity contribution in [2.24, 2.45) is 17.1 Å². The van der Waals surface area contributed by atoms with E-state index in [4.69, 9.17) is 5.73 Å². The SMILES string of the molecule is NCC1(N2CCC3(CCCC3)CC2)CCN2CCC1C2. The summed E-state index contributed by atoms with van der Waals surface area (Å²) in [6, 6.07) is 0. The summed E-state index contributed by atoms with van der Waals surface area (Å²) in [5.41, 5.74) is 7.43. The van der Waals surface area contributed by atoms with E-state index in [1.165, 1.54) is 84.1 Å². The van der Waals surface area contributed by atoms with Crippen LogP contribution in [0.1, 0.15) is 51.4 Å². The van der Waals surface area contributed by atoms with Gasteiger partial charge in [0, 0.05) is 18.6 Å². The van der Waals surface area contributed by atoms with Crippen LogP contribution in [-0.2, 0) is 0 Å². The molecule has 1 aliphatic carbocycles. The minimum Gasteiger partial charge on any atom is -0.329 e. The summed E-state index contributed by atoms with van der Waals surface area (Å²) in [6.07, 6.45) is 11.6. The second-order valence-corrected chi connectivity index (χ2v) is 8.04. The number of piperidine rings is 2. The molecule has 4 aliphatic rings. The Bertz CT molecular complexity index is 353. The second-order valence-electron chi connectivity index (χ2n) is 8.04. The molecular formula is C17H31N3. The number of likely N-dealkylation sites (tertiary alicyclic amines) is 1. The maximum Gasteiger partial charge on any atom is 0.0384 e. The van der Waals surface area contributed by atoms with Gasteiger partial charge < -0.3 is 10.6 Å². The first-order valence-corrected chi connectivity index (χ1v) is 8.94. The first-order valence-electron chi connectivity index (χ1n) is 8.94. The maximum absolute atomic E-state index is 6.34. The van der Waals surface area contributed by atoms with E-state index < -0.39 is 0 Å². The number of nitrogens with two attached hydrogens (primary N) is 1. The number of hydrogen-bond acceptors (Lipinski definition) is 3. The van der Waals surface area contributed by atoms with Gasteiger partial charge >= 0.3 is 0 Å². The first-order chi connectivity index (χ1) is 9.76. The van der Waals surface area contributed by atoms with Crippen LogP contribution in [-0.4, -0.2) is 54.6 Å². The molecular weight excluding hydrogens is 246 g/mol. The molecule has 3 atom stereocenters. The van der Waals surface area contributed by atoms with Gasteiger partial charge in [0.2, 0.25) is 0 Å². The summed E-state index contributed by atoms with van der Waals surface area (Å²) in [6.45, 7) is 7.47. The van der Waals surface area contributed by atoms with Gasteiger partial charge in [0.1, 0.15) is 0 Å². The van der Waals surface area contributed by atoms with Crippen LogP contribution in [0, 0.1) is 11.3 Å². The zero-order valence-corrected chi connectivity index (χ0v) is 12.9. The third-order valence-electron chi connectivity index (χ3n) is 7.36. The molecule has 0 aromatic heterocycles. The van der Waals surface area contributed by atoms with Crippen LogP contribution in [0.5, 0.6) is 0 Å². The predicted molar refractivity (Wildman–Crippen MR) is 82.7 cm³/mol. The van der Waals surface area contributed by atoms with Gasteiger partial charge in [0.25, 0.3) is 0 Å². The fourth-order valence-electron chi connectivity index (χ4n) is 5.90. The standard InChI is InChI=1S/C17H31N3/c18-14-17(8-10-19-9-3-15(17)13-19)20-11-6-16(7-12-20)4-1-2-5-16/h15H,1-14,18H2. The minimum atomic E-state index is 0.354. The van der Waals surface area contributed by atoms with Crippen molar-refractivity contribution < 1.29 is 0 Å². The first kappa shape index (κ1) is 13.5. The van der Waals surface area contributed by atoms with Crippen LogP contribution >= 0.6 is 0 Å². The van der Waals surface area contributed by atoms with Crippen molar-refractivity contribution in [3.8, 4) is 0 Å². The molecule has 1 spiro atoms. The van der Waals surface area contributed by atoms with E-state index >= 15 is 0 Å². The van der Waals surface area contributed by atoms with E-state index in [0.29, 0.717) is 5.54 Å². The molecule has 0 aromatic rings. The Hall–Kier alpha value is -0.120. The summed E-state index contributed by atoms with van der Waals surface area (Å²) >= 11 is 0. The summed E-state index contributed by atoms with van der Waals surface area (Å²) in [7, 11) is 0. The number of fused-ring (bicyclic) bond motifs is 2. The lowest BCUT2D eigenvalue weighted by Crippen LogP contribution is -2.64. The van der Waals surface area contributed by atoms with Crippen LogP contribution in [0.3, 0.4) is 0 Å². The normalized spacial score (nSPS) is 44.2. The van der Waals surface area contributed by atoms with Gasteiger partial charge in [-0.2, -0.15) is 0 Å². The fraction of sp³-hybridized carbons (Fsp3) is 1.00. The van der Waals surface area contributed by atoms with Gasteiger partial charge in [-0.15, -0.1) is 0 Å². The third-order valence-corrected chi connectivity index (χ3v) is 7.36. The molecule has 0 amide bonds. The molecule has 0 aromatic carbocycles. The molecule has 3 heterocycles. The van der Waals surface area contributed by atoms with Crippen LogP contribution in [0.2, 0.25) is 0 Å². The molecule has 2 bridgehead atoms. The van der Waals surface area contributed by atoms with Crippen molar-refractivity contribution in [1.29, 1.82) is 0 Å². The molecule has 3 unspecified atom stereocenters.